The fourth-order valence-corrected chi connectivity index (χ4v) is 2.73. The molecule has 0 saturated heterocycles. The Hall–Kier alpha value is -1.63. The SMILES string of the molecule is CCc1nc(CN[C@@H]2CCCC[C@H]2NC(=O)OC(C)(C)C)no1. The molecule has 0 unspecified atom stereocenters. The third kappa shape index (κ3) is 5.82. The Bertz CT molecular complexity index is 510. The molecule has 1 aromatic heterocycles. The van der Waals surface area contributed by atoms with Gasteiger partial charge in [0.25, 0.3) is 0 Å². The Morgan fingerprint density at radius 2 is 2.00 bits per heavy atom. The number of amides is 1. The molecule has 0 radical (unpaired) electrons. The van der Waals surface area contributed by atoms with Gasteiger partial charge >= 0.3 is 6.09 Å². The van der Waals surface area contributed by atoms with Gasteiger partial charge in [0, 0.05) is 18.5 Å². The molecule has 1 heterocycles. The van der Waals surface area contributed by atoms with Crippen LogP contribution < -0.4 is 10.6 Å². The second-order valence-corrected chi connectivity index (χ2v) is 6.98. The molecule has 0 bridgehead atoms. The number of rotatable bonds is 5. The lowest BCUT2D eigenvalue weighted by Crippen LogP contribution is -2.52. The number of aromatic nitrogens is 2. The van der Waals surface area contributed by atoms with E-state index in [1.807, 2.05) is 27.7 Å². The van der Waals surface area contributed by atoms with Crippen molar-refractivity contribution in [1.82, 2.24) is 20.8 Å². The van der Waals surface area contributed by atoms with Crippen LogP contribution in [0.25, 0.3) is 0 Å². The summed E-state index contributed by atoms with van der Waals surface area (Å²) in [5, 5.41) is 10.4. The van der Waals surface area contributed by atoms with Crippen LogP contribution in [0.4, 0.5) is 4.79 Å². The highest BCUT2D eigenvalue weighted by Gasteiger charge is 2.28. The van der Waals surface area contributed by atoms with E-state index in [2.05, 4.69) is 20.8 Å². The normalized spacial score (nSPS) is 21.9. The van der Waals surface area contributed by atoms with E-state index in [9.17, 15) is 4.79 Å². The van der Waals surface area contributed by atoms with Crippen LogP contribution in [0.1, 0.15) is 65.1 Å². The van der Waals surface area contributed by atoms with Crippen LogP contribution in [0, 0.1) is 0 Å². The van der Waals surface area contributed by atoms with Gasteiger partial charge < -0.3 is 19.9 Å². The molecule has 7 heteroatoms. The van der Waals surface area contributed by atoms with E-state index in [0.717, 1.165) is 32.1 Å². The van der Waals surface area contributed by atoms with Gasteiger partial charge in [-0.2, -0.15) is 4.98 Å². The maximum Gasteiger partial charge on any atom is 0.407 e. The lowest BCUT2D eigenvalue weighted by Gasteiger charge is -2.33. The minimum Gasteiger partial charge on any atom is -0.444 e. The van der Waals surface area contributed by atoms with Gasteiger partial charge in [-0.05, 0) is 33.6 Å². The Kier molecular flexibility index (Phi) is 5.98. The molecular weight excluding hydrogens is 296 g/mol. The van der Waals surface area contributed by atoms with Gasteiger partial charge in [0.15, 0.2) is 5.82 Å². The van der Waals surface area contributed by atoms with Crippen LogP contribution in [-0.2, 0) is 17.7 Å². The summed E-state index contributed by atoms with van der Waals surface area (Å²) in [5.74, 6) is 1.30. The second-order valence-electron chi connectivity index (χ2n) is 6.98. The summed E-state index contributed by atoms with van der Waals surface area (Å²) < 4.78 is 10.5. The van der Waals surface area contributed by atoms with Crippen molar-refractivity contribution < 1.29 is 14.1 Å². The Labute approximate surface area is 137 Å². The molecule has 1 aromatic rings. The van der Waals surface area contributed by atoms with Crippen LogP contribution >= 0.6 is 0 Å². The third-order valence-corrected chi connectivity index (χ3v) is 3.80. The van der Waals surface area contributed by atoms with Crippen LogP contribution in [0.15, 0.2) is 4.52 Å². The molecule has 7 nitrogen and oxygen atoms in total. The predicted molar refractivity (Wildman–Crippen MR) is 85.9 cm³/mol. The topological polar surface area (TPSA) is 89.3 Å². The van der Waals surface area contributed by atoms with Gasteiger partial charge in [0.2, 0.25) is 5.89 Å². The molecule has 0 aliphatic heterocycles. The number of nitrogens with zero attached hydrogens (tertiary/aromatic N) is 2. The lowest BCUT2D eigenvalue weighted by molar-refractivity contribution is 0.0479. The second kappa shape index (κ2) is 7.77. The number of nitrogens with one attached hydrogen (secondary N) is 2. The van der Waals surface area contributed by atoms with Gasteiger partial charge in [-0.25, -0.2) is 4.79 Å². The zero-order chi connectivity index (χ0) is 16.9. The molecule has 1 amide bonds. The quantitative estimate of drug-likeness (QED) is 0.865. The number of hydrogen-bond donors (Lipinski definition) is 2. The number of alkyl carbamates (subject to hydrolysis) is 1. The molecule has 1 saturated carbocycles. The first-order valence-corrected chi connectivity index (χ1v) is 8.41. The minimum absolute atomic E-state index is 0.0659. The van der Waals surface area contributed by atoms with E-state index in [1.165, 1.54) is 0 Å². The summed E-state index contributed by atoms with van der Waals surface area (Å²) >= 11 is 0. The number of ether oxygens (including phenoxy) is 1. The fourth-order valence-electron chi connectivity index (χ4n) is 2.73. The largest absolute Gasteiger partial charge is 0.444 e. The highest BCUT2D eigenvalue weighted by Crippen LogP contribution is 2.19. The first-order chi connectivity index (χ1) is 10.9. The van der Waals surface area contributed by atoms with Gasteiger partial charge in [-0.15, -0.1) is 0 Å². The zero-order valence-corrected chi connectivity index (χ0v) is 14.5. The Balaban J connectivity index is 1.86. The molecule has 2 rings (SSSR count). The minimum atomic E-state index is -0.483. The monoisotopic (exact) mass is 324 g/mol. The highest BCUT2D eigenvalue weighted by molar-refractivity contribution is 5.68. The van der Waals surface area contributed by atoms with Crippen molar-refractivity contribution in [3.8, 4) is 0 Å². The predicted octanol–water partition coefficient (Wildman–Crippen LogP) is 2.56. The van der Waals surface area contributed by atoms with Crippen LogP contribution in [-0.4, -0.2) is 33.9 Å². The van der Waals surface area contributed by atoms with Crippen molar-refractivity contribution in [2.75, 3.05) is 0 Å². The smallest absolute Gasteiger partial charge is 0.407 e. The molecule has 0 aromatic carbocycles. The van der Waals surface area contributed by atoms with Crippen LogP contribution in [0.2, 0.25) is 0 Å². The molecule has 1 aliphatic carbocycles. The summed E-state index contributed by atoms with van der Waals surface area (Å²) in [5.41, 5.74) is -0.483. The van der Waals surface area contributed by atoms with Gasteiger partial charge in [-0.1, -0.05) is 24.9 Å². The van der Waals surface area contributed by atoms with Gasteiger partial charge in [0.05, 0.1) is 6.54 Å². The molecule has 1 aliphatic rings. The number of aryl methyl sites for hydroxylation is 1. The van der Waals surface area contributed by atoms with Gasteiger partial charge in [-0.3, -0.25) is 0 Å². The highest BCUT2D eigenvalue weighted by atomic mass is 16.6. The van der Waals surface area contributed by atoms with E-state index in [4.69, 9.17) is 9.26 Å². The van der Waals surface area contributed by atoms with E-state index in [0.29, 0.717) is 18.3 Å². The summed E-state index contributed by atoms with van der Waals surface area (Å²) in [7, 11) is 0. The van der Waals surface area contributed by atoms with Crippen LogP contribution in [0.3, 0.4) is 0 Å². The maximum atomic E-state index is 12.0. The summed E-state index contributed by atoms with van der Waals surface area (Å²) in [4.78, 5) is 16.3. The third-order valence-electron chi connectivity index (χ3n) is 3.80. The van der Waals surface area contributed by atoms with E-state index in [1.54, 1.807) is 0 Å². The van der Waals surface area contributed by atoms with E-state index >= 15 is 0 Å². The number of hydrogen-bond acceptors (Lipinski definition) is 6. The first-order valence-electron chi connectivity index (χ1n) is 8.41. The average molecular weight is 324 g/mol. The summed E-state index contributed by atoms with van der Waals surface area (Å²) in [6.45, 7) is 8.12. The van der Waals surface area contributed by atoms with Crippen molar-refractivity contribution >= 4 is 6.09 Å². The van der Waals surface area contributed by atoms with E-state index in [-0.39, 0.29) is 18.2 Å². The Morgan fingerprint density at radius 1 is 1.30 bits per heavy atom. The Morgan fingerprint density at radius 3 is 2.61 bits per heavy atom. The van der Waals surface area contributed by atoms with Crippen molar-refractivity contribution in [2.24, 2.45) is 0 Å². The molecule has 0 spiro atoms. The number of carbonyl (C=O) groups excluding carboxylic acids is 1. The zero-order valence-electron chi connectivity index (χ0n) is 14.5. The van der Waals surface area contributed by atoms with Crippen LogP contribution in [0.5, 0.6) is 0 Å². The van der Waals surface area contributed by atoms with Crippen molar-refractivity contribution in [1.29, 1.82) is 0 Å². The first kappa shape index (κ1) is 17.7. The molecule has 1 fully saturated rings. The molecule has 2 N–H and O–H groups in total. The summed E-state index contributed by atoms with van der Waals surface area (Å²) in [6.07, 6.45) is 4.60. The van der Waals surface area contributed by atoms with Gasteiger partial charge in [0.1, 0.15) is 5.60 Å². The average Bonchev–Trinajstić information content (AvgIpc) is 2.92. The molecule has 2 atom stereocenters. The molecular formula is C16H28N4O3. The maximum absolute atomic E-state index is 12.0. The summed E-state index contributed by atoms with van der Waals surface area (Å²) in [6, 6.07) is 0.260. The number of carbonyl (C=O) groups is 1. The lowest BCUT2D eigenvalue weighted by atomic mass is 9.90. The van der Waals surface area contributed by atoms with Crippen molar-refractivity contribution in [2.45, 2.75) is 84.0 Å². The van der Waals surface area contributed by atoms with E-state index < -0.39 is 5.60 Å². The van der Waals surface area contributed by atoms with Crippen molar-refractivity contribution in [3.05, 3.63) is 11.7 Å². The molecule has 23 heavy (non-hydrogen) atoms. The van der Waals surface area contributed by atoms with Crippen molar-refractivity contribution in [3.63, 3.8) is 0 Å². The standard InChI is InChI=1S/C16H28N4O3/c1-5-14-19-13(20-23-14)10-17-11-8-6-7-9-12(11)18-15(21)22-16(2,3)4/h11-12,17H,5-10H2,1-4H3,(H,18,21)/t11-,12-/m1/s1. The fraction of sp³-hybridized carbons (Fsp3) is 0.812. The molecule has 130 valence electrons.